The van der Waals surface area contributed by atoms with E-state index < -0.39 is 0 Å². The molecule has 0 heterocycles. The van der Waals surface area contributed by atoms with Crippen molar-refractivity contribution in [1.29, 1.82) is 0 Å². The van der Waals surface area contributed by atoms with Gasteiger partial charge >= 0.3 is 0 Å². The number of carbonyl (C=O) groups excluding carboxylic acids is 3. The number of benzene rings is 3. The molecule has 0 N–H and O–H groups in total. The van der Waals surface area contributed by atoms with Gasteiger partial charge in [-0.05, 0) is 80.1 Å². The normalized spacial score (nSPS) is 13.1. The number of ketones is 3. The summed E-state index contributed by atoms with van der Waals surface area (Å²) in [6, 6.07) is 17.9. The molecule has 0 bridgehead atoms. The Morgan fingerprint density at radius 1 is 0.575 bits per heavy atom. The molecule has 0 saturated carbocycles. The minimum atomic E-state index is -0.157. The van der Waals surface area contributed by atoms with Crippen molar-refractivity contribution in [2.75, 3.05) is 0 Å². The molecule has 3 heteroatoms. The van der Waals surface area contributed by atoms with Crippen molar-refractivity contribution in [1.82, 2.24) is 0 Å². The summed E-state index contributed by atoms with van der Waals surface area (Å²) in [5.74, 6) is -0.461. The van der Waals surface area contributed by atoms with Crippen molar-refractivity contribution in [2.24, 2.45) is 0 Å². The maximum Gasteiger partial charge on any atom is 0.193 e. The number of fused-ring (bicyclic) bond motifs is 3. The molecule has 0 radical (unpaired) electrons. The Balaban J connectivity index is 1.83. The zero-order valence-electron chi connectivity index (χ0n) is 25.0. The van der Waals surface area contributed by atoms with Gasteiger partial charge in [-0.1, -0.05) is 101 Å². The summed E-state index contributed by atoms with van der Waals surface area (Å²) in [7, 11) is 0. The van der Waals surface area contributed by atoms with Gasteiger partial charge in [-0.25, -0.2) is 0 Å². The summed E-state index contributed by atoms with van der Waals surface area (Å²) in [5, 5.41) is 0. The largest absolute Gasteiger partial charge is 0.295 e. The van der Waals surface area contributed by atoms with E-state index in [1.165, 1.54) is 80.2 Å². The molecule has 3 nitrogen and oxygen atoms in total. The highest BCUT2D eigenvalue weighted by Gasteiger charge is 2.42. The first-order valence-corrected chi connectivity index (χ1v) is 15.2. The highest BCUT2D eigenvalue weighted by molar-refractivity contribution is 6.12. The number of hydrogen-bond donors (Lipinski definition) is 0. The second-order valence-electron chi connectivity index (χ2n) is 11.8. The van der Waals surface area contributed by atoms with Gasteiger partial charge in [0.15, 0.2) is 17.3 Å². The smallest absolute Gasteiger partial charge is 0.193 e. The third-order valence-electron chi connectivity index (χ3n) is 8.70. The van der Waals surface area contributed by atoms with Crippen LogP contribution in [0.25, 0.3) is 11.1 Å². The second-order valence-corrected chi connectivity index (χ2v) is 11.8. The predicted octanol–water partition coefficient (Wildman–Crippen LogP) is 9.84. The fourth-order valence-corrected chi connectivity index (χ4v) is 6.45. The number of hydrogen-bond acceptors (Lipinski definition) is 3. The third kappa shape index (κ3) is 6.04. The molecule has 3 aromatic carbocycles. The monoisotopic (exact) mass is 536 g/mol. The van der Waals surface area contributed by atoms with Crippen LogP contribution in [0, 0.1) is 6.92 Å². The molecule has 3 aromatic rings. The lowest BCUT2D eigenvalue weighted by Crippen LogP contribution is -2.26. The minimum absolute atomic E-state index is 0.111. The van der Waals surface area contributed by atoms with Gasteiger partial charge in [-0.3, -0.25) is 14.4 Å². The number of carbonyl (C=O) groups is 3. The summed E-state index contributed by atoms with van der Waals surface area (Å²) < 4.78 is 0. The van der Waals surface area contributed by atoms with Crippen LogP contribution in [0.15, 0.2) is 54.6 Å². The highest BCUT2D eigenvalue weighted by Crippen LogP contribution is 2.54. The van der Waals surface area contributed by atoms with Crippen molar-refractivity contribution < 1.29 is 14.4 Å². The predicted molar refractivity (Wildman–Crippen MR) is 165 cm³/mol. The van der Waals surface area contributed by atoms with E-state index in [0.717, 1.165) is 25.7 Å². The van der Waals surface area contributed by atoms with E-state index in [1.54, 1.807) is 18.2 Å². The molecule has 0 aromatic heterocycles. The van der Waals surface area contributed by atoms with Crippen LogP contribution in [0.5, 0.6) is 0 Å². The Hall–Kier alpha value is -3.33. The van der Waals surface area contributed by atoms with Crippen LogP contribution in [0.1, 0.15) is 145 Å². The van der Waals surface area contributed by atoms with Crippen molar-refractivity contribution in [2.45, 2.75) is 104 Å². The van der Waals surface area contributed by atoms with Gasteiger partial charge in [0, 0.05) is 27.7 Å². The topological polar surface area (TPSA) is 51.2 Å². The summed E-state index contributed by atoms with van der Waals surface area (Å²) in [6.07, 6.45) is 11.8. The molecule has 0 amide bonds. The van der Waals surface area contributed by atoms with Gasteiger partial charge < -0.3 is 0 Å². The standard InChI is InChI=1S/C37H44O3/c1-6-8-10-12-18-37(19-13-11-9-7-2)34-20-25(3)14-16-32(34)33-17-15-28(24-35(33)37)36(40)31-22-29(26(4)38)21-30(23-31)27(5)39/h14-17,20-24H,6-13,18-19H2,1-5H3. The third-order valence-corrected chi connectivity index (χ3v) is 8.70. The molecular formula is C37H44O3. The van der Waals surface area contributed by atoms with Crippen LogP contribution < -0.4 is 0 Å². The van der Waals surface area contributed by atoms with Gasteiger partial charge in [-0.15, -0.1) is 0 Å². The fraction of sp³-hybridized carbons (Fsp3) is 0.432. The zero-order valence-corrected chi connectivity index (χ0v) is 25.0. The van der Waals surface area contributed by atoms with Gasteiger partial charge in [0.25, 0.3) is 0 Å². The fourth-order valence-electron chi connectivity index (χ4n) is 6.45. The summed E-state index contributed by atoms with van der Waals surface area (Å²) in [6.45, 7) is 9.61. The van der Waals surface area contributed by atoms with Gasteiger partial charge in [-0.2, -0.15) is 0 Å². The van der Waals surface area contributed by atoms with Crippen LogP contribution in [0.2, 0.25) is 0 Å². The quantitative estimate of drug-likeness (QED) is 0.152. The molecule has 0 atom stereocenters. The zero-order chi connectivity index (χ0) is 28.9. The number of rotatable bonds is 14. The van der Waals surface area contributed by atoms with Crippen LogP contribution in [-0.2, 0) is 5.41 Å². The lowest BCUT2D eigenvalue weighted by Gasteiger charge is -2.33. The molecule has 0 aliphatic heterocycles. The van der Waals surface area contributed by atoms with Crippen molar-refractivity contribution in [3.05, 3.63) is 93.5 Å². The number of Topliss-reactive ketones (excluding diaryl/α,β-unsaturated/α-hetero) is 2. The van der Waals surface area contributed by atoms with E-state index in [2.05, 4.69) is 51.1 Å². The molecule has 0 spiro atoms. The number of unbranched alkanes of at least 4 members (excludes halogenated alkanes) is 6. The summed E-state index contributed by atoms with van der Waals surface area (Å²) >= 11 is 0. The maximum absolute atomic E-state index is 13.9. The maximum atomic E-state index is 13.9. The Kier molecular flexibility index (Phi) is 9.56. The number of aryl methyl sites for hydroxylation is 1. The van der Waals surface area contributed by atoms with E-state index in [1.807, 2.05) is 6.07 Å². The van der Waals surface area contributed by atoms with Crippen LogP contribution in [0.3, 0.4) is 0 Å². The minimum Gasteiger partial charge on any atom is -0.295 e. The van der Waals surface area contributed by atoms with Crippen molar-refractivity contribution in [3.8, 4) is 11.1 Å². The summed E-state index contributed by atoms with van der Waals surface area (Å²) in [5.41, 5.74) is 8.15. The van der Waals surface area contributed by atoms with Crippen molar-refractivity contribution in [3.63, 3.8) is 0 Å². The van der Waals surface area contributed by atoms with E-state index >= 15 is 0 Å². The Morgan fingerprint density at radius 3 is 1.60 bits per heavy atom. The highest BCUT2D eigenvalue weighted by atomic mass is 16.1. The molecule has 40 heavy (non-hydrogen) atoms. The second kappa shape index (κ2) is 12.9. The SMILES string of the molecule is CCCCCCC1(CCCCCC)c2cc(C)ccc2-c2ccc(C(=O)c3cc(C(C)=O)cc(C(C)=O)c3)cc21. The molecule has 4 rings (SSSR count). The molecule has 0 unspecified atom stereocenters. The van der Waals surface area contributed by atoms with Crippen LogP contribution >= 0.6 is 0 Å². The lowest BCUT2D eigenvalue weighted by atomic mass is 9.70. The molecule has 0 fully saturated rings. The molecular weight excluding hydrogens is 492 g/mol. The Morgan fingerprint density at radius 2 is 1.07 bits per heavy atom. The average molecular weight is 537 g/mol. The van der Waals surface area contributed by atoms with Gasteiger partial charge in [0.05, 0.1) is 0 Å². The van der Waals surface area contributed by atoms with E-state index in [9.17, 15) is 14.4 Å². The molecule has 1 aliphatic carbocycles. The van der Waals surface area contributed by atoms with E-state index in [4.69, 9.17) is 0 Å². The van der Waals surface area contributed by atoms with E-state index in [-0.39, 0.29) is 22.8 Å². The Bertz CT molecular complexity index is 1370. The van der Waals surface area contributed by atoms with Crippen LogP contribution in [-0.4, -0.2) is 17.3 Å². The Labute approximate surface area is 240 Å². The molecule has 0 saturated heterocycles. The van der Waals surface area contributed by atoms with Crippen LogP contribution in [0.4, 0.5) is 0 Å². The van der Waals surface area contributed by atoms with E-state index in [0.29, 0.717) is 22.3 Å². The van der Waals surface area contributed by atoms with Gasteiger partial charge in [0.2, 0.25) is 0 Å². The average Bonchev–Trinajstić information content (AvgIpc) is 3.21. The first-order chi connectivity index (χ1) is 19.2. The lowest BCUT2D eigenvalue weighted by molar-refractivity contribution is 0.101. The van der Waals surface area contributed by atoms with Gasteiger partial charge in [0.1, 0.15) is 0 Å². The summed E-state index contributed by atoms with van der Waals surface area (Å²) in [4.78, 5) is 38.3. The first-order valence-electron chi connectivity index (χ1n) is 15.2. The first kappa shape index (κ1) is 29.6. The molecule has 1 aliphatic rings. The molecule has 210 valence electrons. The van der Waals surface area contributed by atoms with Crippen molar-refractivity contribution >= 4 is 17.3 Å².